The molecule has 1 aliphatic carbocycles. The molecule has 3 rings (SSSR count). The van der Waals surface area contributed by atoms with E-state index < -0.39 is 5.60 Å². The number of fused-ring (bicyclic) bond motifs is 2. The van der Waals surface area contributed by atoms with Gasteiger partial charge in [-0.3, -0.25) is 4.79 Å². The molecule has 23 heavy (non-hydrogen) atoms. The maximum Gasteiger partial charge on any atom is 0.410 e. The second-order valence-corrected chi connectivity index (χ2v) is 8.18. The number of likely N-dealkylation sites (tertiary alicyclic amines) is 1. The van der Waals surface area contributed by atoms with Crippen molar-refractivity contribution in [1.29, 1.82) is 0 Å². The lowest BCUT2D eigenvalue weighted by atomic mass is 9.97. The first-order chi connectivity index (χ1) is 10.8. The highest BCUT2D eigenvalue weighted by Gasteiger charge is 2.48. The quantitative estimate of drug-likeness (QED) is 0.826. The number of carbonyl (C=O) groups excluding carboxylic acids is 2. The van der Waals surface area contributed by atoms with Gasteiger partial charge in [-0.05, 0) is 52.4 Å². The van der Waals surface area contributed by atoms with Crippen LogP contribution < -0.4 is 10.6 Å². The van der Waals surface area contributed by atoms with Crippen LogP contribution in [-0.2, 0) is 9.53 Å². The normalized spacial score (nSPS) is 33.7. The van der Waals surface area contributed by atoms with E-state index in [0.717, 1.165) is 38.8 Å². The molecule has 4 unspecified atom stereocenters. The van der Waals surface area contributed by atoms with Crippen LogP contribution in [0.5, 0.6) is 0 Å². The monoisotopic (exact) mass is 323 g/mol. The van der Waals surface area contributed by atoms with Crippen LogP contribution in [0.1, 0.15) is 46.5 Å². The van der Waals surface area contributed by atoms with Crippen molar-refractivity contribution in [2.45, 2.75) is 64.1 Å². The zero-order valence-corrected chi connectivity index (χ0v) is 14.4. The van der Waals surface area contributed by atoms with E-state index in [2.05, 4.69) is 10.6 Å². The van der Waals surface area contributed by atoms with E-state index in [1.54, 1.807) is 0 Å². The molecule has 6 nitrogen and oxygen atoms in total. The molecule has 2 amide bonds. The molecule has 3 fully saturated rings. The average Bonchev–Trinajstić information content (AvgIpc) is 3.04. The van der Waals surface area contributed by atoms with E-state index in [4.69, 9.17) is 4.74 Å². The third-order valence-corrected chi connectivity index (χ3v) is 5.14. The van der Waals surface area contributed by atoms with Gasteiger partial charge in [0.1, 0.15) is 5.60 Å². The van der Waals surface area contributed by atoms with Gasteiger partial charge in [-0.1, -0.05) is 0 Å². The van der Waals surface area contributed by atoms with Crippen LogP contribution in [0.25, 0.3) is 0 Å². The van der Waals surface area contributed by atoms with E-state index >= 15 is 0 Å². The fraction of sp³-hybridized carbons (Fsp3) is 0.882. The molecule has 0 aromatic heterocycles. The van der Waals surface area contributed by atoms with Gasteiger partial charge in [0.05, 0.1) is 12.0 Å². The molecule has 2 aliphatic heterocycles. The minimum atomic E-state index is -0.456. The number of nitrogens with zero attached hydrogens (tertiary/aromatic N) is 1. The number of ether oxygens (including phenoxy) is 1. The van der Waals surface area contributed by atoms with Crippen LogP contribution in [0.2, 0.25) is 0 Å². The Morgan fingerprint density at radius 2 is 2.17 bits per heavy atom. The molecule has 2 heterocycles. The van der Waals surface area contributed by atoms with Crippen molar-refractivity contribution in [2.75, 3.05) is 19.6 Å². The Labute approximate surface area is 138 Å². The lowest BCUT2D eigenvalue weighted by Crippen LogP contribution is -2.53. The van der Waals surface area contributed by atoms with Crippen LogP contribution in [0, 0.1) is 11.8 Å². The number of carbonyl (C=O) groups is 2. The Hall–Kier alpha value is -1.30. The fourth-order valence-electron chi connectivity index (χ4n) is 4.10. The van der Waals surface area contributed by atoms with Gasteiger partial charge in [-0.2, -0.15) is 0 Å². The zero-order chi connectivity index (χ0) is 16.6. The Balaban J connectivity index is 1.54. The first-order valence-electron chi connectivity index (χ1n) is 8.84. The molecule has 3 aliphatic rings. The molecule has 1 saturated carbocycles. The Bertz CT molecular complexity index is 474. The summed E-state index contributed by atoms with van der Waals surface area (Å²) < 4.78 is 5.53. The maximum absolute atomic E-state index is 12.4. The zero-order valence-electron chi connectivity index (χ0n) is 14.4. The summed E-state index contributed by atoms with van der Waals surface area (Å²) in [6, 6.07) is 0.498. The number of piperidine rings is 2. The predicted octanol–water partition coefficient (Wildman–Crippen LogP) is 1.50. The predicted molar refractivity (Wildman–Crippen MR) is 87.0 cm³/mol. The van der Waals surface area contributed by atoms with Gasteiger partial charge in [0.2, 0.25) is 5.91 Å². The average molecular weight is 323 g/mol. The highest BCUT2D eigenvalue weighted by atomic mass is 16.6. The third kappa shape index (κ3) is 3.79. The van der Waals surface area contributed by atoms with Crippen molar-refractivity contribution in [1.82, 2.24) is 15.5 Å². The number of hydrogen-bond donors (Lipinski definition) is 2. The summed E-state index contributed by atoms with van der Waals surface area (Å²) in [6.07, 6.45) is 3.95. The fourth-order valence-corrected chi connectivity index (χ4v) is 4.10. The summed E-state index contributed by atoms with van der Waals surface area (Å²) in [5, 5.41) is 6.48. The minimum Gasteiger partial charge on any atom is -0.444 e. The standard InChI is InChI=1S/C17H29N3O3/c1-17(2,3)23-16(22)20-10-11-7-13(14(20)8-11)19-9-12-5-4-6-18-15(12)21/h11-14,19H,4-10H2,1-3H3,(H,18,21). The van der Waals surface area contributed by atoms with Gasteiger partial charge in [0.15, 0.2) is 0 Å². The van der Waals surface area contributed by atoms with Gasteiger partial charge in [-0.15, -0.1) is 0 Å². The van der Waals surface area contributed by atoms with Crippen LogP contribution in [0.4, 0.5) is 4.79 Å². The maximum atomic E-state index is 12.4. The van der Waals surface area contributed by atoms with Crippen molar-refractivity contribution in [2.24, 2.45) is 11.8 Å². The van der Waals surface area contributed by atoms with Crippen LogP contribution in [0.15, 0.2) is 0 Å². The SMILES string of the molecule is CC(C)(C)OC(=O)N1CC2CC(NCC3CCCNC3=O)C1C2. The van der Waals surface area contributed by atoms with Crippen molar-refractivity contribution >= 4 is 12.0 Å². The molecule has 0 aromatic rings. The highest BCUT2D eigenvalue weighted by Crippen LogP contribution is 2.38. The van der Waals surface area contributed by atoms with Gasteiger partial charge in [0, 0.05) is 25.7 Å². The van der Waals surface area contributed by atoms with Crippen LogP contribution >= 0.6 is 0 Å². The molecule has 0 aromatic carbocycles. The number of hydrogen-bond acceptors (Lipinski definition) is 4. The second kappa shape index (κ2) is 6.30. The second-order valence-electron chi connectivity index (χ2n) is 8.18. The first kappa shape index (κ1) is 16.6. The summed E-state index contributed by atoms with van der Waals surface area (Å²) in [5.74, 6) is 0.791. The summed E-state index contributed by atoms with van der Waals surface area (Å²) in [5.41, 5.74) is -0.456. The molecular formula is C17H29N3O3. The molecular weight excluding hydrogens is 294 g/mol. The number of amides is 2. The molecule has 2 saturated heterocycles. The van der Waals surface area contributed by atoms with Crippen molar-refractivity contribution in [3.8, 4) is 0 Å². The van der Waals surface area contributed by atoms with E-state index in [0.29, 0.717) is 12.5 Å². The molecule has 0 spiro atoms. The highest BCUT2D eigenvalue weighted by molar-refractivity contribution is 5.79. The smallest absolute Gasteiger partial charge is 0.410 e. The third-order valence-electron chi connectivity index (χ3n) is 5.14. The summed E-state index contributed by atoms with van der Waals surface area (Å²) in [7, 11) is 0. The van der Waals surface area contributed by atoms with E-state index in [9.17, 15) is 9.59 Å². The topological polar surface area (TPSA) is 70.7 Å². The minimum absolute atomic E-state index is 0.0675. The lowest BCUT2D eigenvalue weighted by Gasteiger charge is -2.35. The van der Waals surface area contributed by atoms with Crippen molar-refractivity contribution in [3.05, 3.63) is 0 Å². The first-order valence-corrected chi connectivity index (χ1v) is 8.84. The Kier molecular flexibility index (Phi) is 4.54. The molecule has 6 heteroatoms. The molecule has 4 atom stereocenters. The van der Waals surface area contributed by atoms with Crippen molar-refractivity contribution < 1.29 is 14.3 Å². The Morgan fingerprint density at radius 1 is 1.39 bits per heavy atom. The molecule has 2 bridgehead atoms. The lowest BCUT2D eigenvalue weighted by molar-refractivity contribution is -0.126. The summed E-state index contributed by atoms with van der Waals surface area (Å²) in [6.45, 7) is 8.02. The molecule has 130 valence electrons. The van der Waals surface area contributed by atoms with Gasteiger partial charge in [0.25, 0.3) is 0 Å². The van der Waals surface area contributed by atoms with Crippen molar-refractivity contribution in [3.63, 3.8) is 0 Å². The Morgan fingerprint density at radius 3 is 2.83 bits per heavy atom. The van der Waals surface area contributed by atoms with E-state index in [1.165, 1.54) is 0 Å². The van der Waals surface area contributed by atoms with E-state index in [-0.39, 0.29) is 30.0 Å². The van der Waals surface area contributed by atoms with Crippen LogP contribution in [0.3, 0.4) is 0 Å². The van der Waals surface area contributed by atoms with Crippen LogP contribution in [-0.4, -0.2) is 54.2 Å². The largest absolute Gasteiger partial charge is 0.444 e. The van der Waals surface area contributed by atoms with Gasteiger partial charge >= 0.3 is 6.09 Å². The molecule has 2 N–H and O–H groups in total. The summed E-state index contributed by atoms with van der Waals surface area (Å²) in [4.78, 5) is 26.1. The number of rotatable bonds is 3. The van der Waals surface area contributed by atoms with Gasteiger partial charge in [-0.25, -0.2) is 4.79 Å². The summed E-state index contributed by atoms with van der Waals surface area (Å²) >= 11 is 0. The number of nitrogens with one attached hydrogen (secondary N) is 2. The molecule has 0 radical (unpaired) electrons. The van der Waals surface area contributed by atoms with Gasteiger partial charge < -0.3 is 20.3 Å². The van der Waals surface area contributed by atoms with E-state index in [1.807, 2.05) is 25.7 Å².